The molecule has 4 nitrogen and oxygen atoms in total. The van der Waals surface area contributed by atoms with E-state index in [9.17, 15) is 4.79 Å². The highest BCUT2D eigenvalue weighted by molar-refractivity contribution is 7.13. The van der Waals surface area contributed by atoms with Crippen molar-refractivity contribution in [3.8, 4) is 5.19 Å². The topological polar surface area (TPSA) is 59.4 Å². The van der Waals surface area contributed by atoms with Gasteiger partial charge in [-0.1, -0.05) is 25.2 Å². The van der Waals surface area contributed by atoms with Gasteiger partial charge in [0, 0.05) is 17.0 Å². The maximum atomic E-state index is 11.0. The van der Waals surface area contributed by atoms with Crippen LogP contribution in [0.5, 0.6) is 5.19 Å². The van der Waals surface area contributed by atoms with Crippen LogP contribution in [0.15, 0.2) is 6.20 Å². The summed E-state index contributed by atoms with van der Waals surface area (Å²) >= 11 is 1.43. The molecule has 0 amide bonds. The summed E-state index contributed by atoms with van der Waals surface area (Å²) < 4.78 is 5.00. The number of methoxy groups -OCH3 is 1. The molecule has 1 N–H and O–H groups in total. The first-order valence-corrected chi connectivity index (χ1v) is 5.52. The van der Waals surface area contributed by atoms with Gasteiger partial charge in [-0.2, -0.15) is 0 Å². The van der Waals surface area contributed by atoms with Crippen LogP contribution in [0.1, 0.15) is 24.6 Å². The molecule has 1 aliphatic rings. The first-order chi connectivity index (χ1) is 6.98. The van der Waals surface area contributed by atoms with Crippen molar-refractivity contribution in [2.75, 3.05) is 7.11 Å². The predicted molar refractivity (Wildman–Crippen MR) is 56.3 cm³/mol. The minimum absolute atomic E-state index is 0.0800. The highest BCUT2D eigenvalue weighted by Gasteiger charge is 2.63. The van der Waals surface area contributed by atoms with Gasteiger partial charge in [-0.15, -0.1) is 0 Å². The lowest BCUT2D eigenvalue weighted by atomic mass is 10.1. The van der Waals surface area contributed by atoms with Crippen LogP contribution >= 0.6 is 11.3 Å². The molecule has 1 aliphatic carbocycles. The van der Waals surface area contributed by atoms with E-state index in [-0.39, 0.29) is 17.3 Å². The van der Waals surface area contributed by atoms with Crippen molar-refractivity contribution in [1.82, 2.24) is 4.98 Å². The van der Waals surface area contributed by atoms with E-state index in [4.69, 9.17) is 9.84 Å². The van der Waals surface area contributed by atoms with Crippen LogP contribution in [0.25, 0.3) is 0 Å². The van der Waals surface area contributed by atoms with Gasteiger partial charge in [0.1, 0.15) is 0 Å². The lowest BCUT2D eigenvalue weighted by molar-refractivity contribution is -0.139. The second-order valence-corrected chi connectivity index (χ2v) is 5.37. The van der Waals surface area contributed by atoms with Gasteiger partial charge in [0.2, 0.25) is 0 Å². The van der Waals surface area contributed by atoms with Gasteiger partial charge in [0.25, 0.3) is 5.19 Å². The smallest absolute Gasteiger partial charge is 0.307 e. The summed E-state index contributed by atoms with van der Waals surface area (Å²) in [5.41, 5.74) is -0.163. The van der Waals surface area contributed by atoms with Crippen molar-refractivity contribution in [3.05, 3.63) is 11.1 Å². The molecule has 0 radical (unpaired) electrons. The molecular weight excluding hydrogens is 214 g/mol. The second-order valence-electron chi connectivity index (χ2n) is 4.35. The van der Waals surface area contributed by atoms with Gasteiger partial charge in [0.05, 0.1) is 13.0 Å². The van der Waals surface area contributed by atoms with Crippen molar-refractivity contribution < 1.29 is 14.6 Å². The molecule has 82 valence electrons. The second kappa shape index (κ2) is 3.20. The normalized spacial score (nSPS) is 27.4. The Kier molecular flexibility index (Phi) is 2.22. The zero-order chi connectivity index (χ0) is 11.2. The fourth-order valence-electron chi connectivity index (χ4n) is 2.14. The van der Waals surface area contributed by atoms with E-state index < -0.39 is 5.97 Å². The van der Waals surface area contributed by atoms with Crippen LogP contribution < -0.4 is 4.74 Å². The third kappa shape index (κ3) is 1.51. The SMILES string of the molecule is COc1ncc([C@H]2[C@H](C(=O)O)C2(C)C)s1. The Morgan fingerprint density at radius 3 is 2.73 bits per heavy atom. The highest BCUT2D eigenvalue weighted by atomic mass is 32.1. The number of aromatic nitrogens is 1. The van der Waals surface area contributed by atoms with Crippen LogP contribution in [0.4, 0.5) is 0 Å². The number of hydrogen-bond acceptors (Lipinski definition) is 4. The standard InChI is InChI=1S/C10H13NO3S/c1-10(2)6(7(10)8(12)13)5-4-11-9(14-3)15-5/h4,6-7H,1-3H3,(H,12,13)/t6-,7+/m0/s1. The lowest BCUT2D eigenvalue weighted by Crippen LogP contribution is -2.02. The molecule has 1 aromatic heterocycles. The molecule has 1 heterocycles. The molecule has 1 saturated carbocycles. The average Bonchev–Trinajstić information content (AvgIpc) is 2.59. The van der Waals surface area contributed by atoms with E-state index in [1.54, 1.807) is 13.3 Å². The molecular formula is C10H13NO3S. The van der Waals surface area contributed by atoms with E-state index in [0.717, 1.165) is 4.88 Å². The molecule has 1 fully saturated rings. The van der Waals surface area contributed by atoms with Gasteiger partial charge in [-0.25, -0.2) is 4.98 Å². The minimum atomic E-state index is -0.725. The van der Waals surface area contributed by atoms with Crippen molar-refractivity contribution in [2.45, 2.75) is 19.8 Å². The predicted octanol–water partition coefficient (Wildman–Crippen LogP) is 1.98. The van der Waals surface area contributed by atoms with Crippen molar-refractivity contribution in [2.24, 2.45) is 11.3 Å². The quantitative estimate of drug-likeness (QED) is 0.857. The molecule has 5 heteroatoms. The fourth-order valence-corrected chi connectivity index (χ4v) is 3.20. The molecule has 2 rings (SSSR count). The number of ether oxygens (including phenoxy) is 1. The summed E-state index contributed by atoms with van der Waals surface area (Å²) in [7, 11) is 1.56. The van der Waals surface area contributed by atoms with Gasteiger partial charge in [0.15, 0.2) is 0 Å². The number of aliphatic carboxylic acids is 1. The Morgan fingerprint density at radius 2 is 2.33 bits per heavy atom. The van der Waals surface area contributed by atoms with Gasteiger partial charge in [-0.05, 0) is 5.41 Å². The van der Waals surface area contributed by atoms with Crippen LogP contribution in [0.3, 0.4) is 0 Å². The van der Waals surface area contributed by atoms with Crippen molar-refractivity contribution in [1.29, 1.82) is 0 Å². The molecule has 2 atom stereocenters. The van der Waals surface area contributed by atoms with Gasteiger partial charge < -0.3 is 9.84 Å². The number of carbonyl (C=O) groups is 1. The molecule has 0 aliphatic heterocycles. The molecule has 0 spiro atoms. The van der Waals surface area contributed by atoms with E-state index in [2.05, 4.69) is 4.98 Å². The van der Waals surface area contributed by atoms with Gasteiger partial charge >= 0.3 is 5.97 Å². The Balaban J connectivity index is 2.23. The Bertz CT molecular complexity index is 399. The summed E-state index contributed by atoms with van der Waals surface area (Å²) in [6.45, 7) is 3.95. The number of carboxylic acids is 1. The summed E-state index contributed by atoms with van der Waals surface area (Å²) in [4.78, 5) is 16.1. The first-order valence-electron chi connectivity index (χ1n) is 4.71. The molecule has 0 aromatic carbocycles. The molecule has 0 saturated heterocycles. The maximum Gasteiger partial charge on any atom is 0.307 e. The number of hydrogen-bond donors (Lipinski definition) is 1. The zero-order valence-corrected chi connectivity index (χ0v) is 9.67. The third-order valence-corrected chi connectivity index (χ3v) is 4.12. The average molecular weight is 227 g/mol. The van der Waals surface area contributed by atoms with Crippen LogP contribution in [-0.2, 0) is 4.79 Å². The minimum Gasteiger partial charge on any atom is -0.481 e. The number of nitrogens with zero attached hydrogens (tertiary/aromatic N) is 1. The van der Waals surface area contributed by atoms with Crippen molar-refractivity contribution >= 4 is 17.3 Å². The van der Waals surface area contributed by atoms with E-state index in [0.29, 0.717) is 5.19 Å². The molecule has 1 aromatic rings. The van der Waals surface area contributed by atoms with Gasteiger partial charge in [-0.3, -0.25) is 4.79 Å². The Morgan fingerprint density at radius 1 is 1.67 bits per heavy atom. The van der Waals surface area contributed by atoms with E-state index in [1.165, 1.54) is 11.3 Å². The van der Waals surface area contributed by atoms with Crippen LogP contribution in [0, 0.1) is 11.3 Å². The number of rotatable bonds is 3. The summed E-state index contributed by atoms with van der Waals surface area (Å²) in [5.74, 6) is -0.934. The van der Waals surface area contributed by atoms with E-state index in [1.807, 2.05) is 13.8 Å². The van der Waals surface area contributed by atoms with E-state index >= 15 is 0 Å². The van der Waals surface area contributed by atoms with Crippen molar-refractivity contribution in [3.63, 3.8) is 0 Å². The monoisotopic (exact) mass is 227 g/mol. The Labute approximate surface area is 91.9 Å². The Hall–Kier alpha value is -1.10. The summed E-state index contributed by atoms with van der Waals surface area (Å²) in [5, 5.41) is 9.63. The fraction of sp³-hybridized carbons (Fsp3) is 0.600. The lowest BCUT2D eigenvalue weighted by Gasteiger charge is -1.97. The highest BCUT2D eigenvalue weighted by Crippen LogP contribution is 2.65. The summed E-state index contributed by atoms with van der Waals surface area (Å²) in [6, 6.07) is 0. The number of carboxylic acid groups (broad SMARTS) is 1. The zero-order valence-electron chi connectivity index (χ0n) is 8.85. The van der Waals surface area contributed by atoms with Crippen LogP contribution in [0.2, 0.25) is 0 Å². The molecule has 0 unspecified atom stereocenters. The molecule has 0 bridgehead atoms. The first kappa shape index (κ1) is 10.4. The third-order valence-electron chi connectivity index (χ3n) is 3.08. The number of thiazole rings is 1. The maximum absolute atomic E-state index is 11.0. The summed E-state index contributed by atoms with van der Waals surface area (Å²) in [6.07, 6.45) is 1.72. The van der Waals surface area contributed by atoms with Crippen LogP contribution in [-0.4, -0.2) is 23.2 Å². The largest absolute Gasteiger partial charge is 0.481 e. The molecule has 15 heavy (non-hydrogen) atoms.